The second-order valence-corrected chi connectivity index (χ2v) is 5.42. The van der Waals surface area contributed by atoms with Crippen LogP contribution in [0.3, 0.4) is 0 Å². The molecule has 0 aromatic carbocycles. The fraction of sp³-hybridized carbons (Fsp3) is 1.00. The third-order valence-corrected chi connectivity index (χ3v) is 4.25. The molecule has 3 nitrogen and oxygen atoms in total. The SMILES string of the molecule is CC1CCC(CN)CN1C1CCCOCC1. The lowest BCUT2D eigenvalue weighted by molar-refractivity contribution is 0.0611. The Balaban J connectivity index is 1.93. The normalized spacial score (nSPS) is 38.2. The second-order valence-electron chi connectivity index (χ2n) is 5.42. The lowest BCUT2D eigenvalue weighted by Crippen LogP contribution is -2.49. The van der Waals surface area contributed by atoms with Crippen LogP contribution >= 0.6 is 0 Å². The van der Waals surface area contributed by atoms with Crippen molar-refractivity contribution in [3.63, 3.8) is 0 Å². The number of nitrogens with two attached hydrogens (primary N) is 1. The third kappa shape index (κ3) is 2.96. The number of likely N-dealkylation sites (tertiary alicyclic amines) is 1. The molecule has 0 spiro atoms. The van der Waals surface area contributed by atoms with E-state index in [0.29, 0.717) is 0 Å². The number of rotatable bonds is 2. The molecule has 3 atom stereocenters. The number of ether oxygens (including phenoxy) is 1. The smallest absolute Gasteiger partial charge is 0.0480 e. The summed E-state index contributed by atoms with van der Waals surface area (Å²) >= 11 is 0. The van der Waals surface area contributed by atoms with Gasteiger partial charge in [-0.25, -0.2) is 0 Å². The highest BCUT2D eigenvalue weighted by atomic mass is 16.5. The number of nitrogens with zero attached hydrogens (tertiary/aromatic N) is 1. The van der Waals surface area contributed by atoms with Crippen LogP contribution in [0.25, 0.3) is 0 Å². The van der Waals surface area contributed by atoms with Gasteiger partial charge in [0, 0.05) is 31.8 Å². The summed E-state index contributed by atoms with van der Waals surface area (Å²) in [5.41, 5.74) is 5.82. The van der Waals surface area contributed by atoms with Gasteiger partial charge >= 0.3 is 0 Å². The maximum absolute atomic E-state index is 5.82. The topological polar surface area (TPSA) is 38.5 Å². The lowest BCUT2D eigenvalue weighted by atomic mass is 9.90. The Kier molecular flexibility index (Phi) is 4.62. The van der Waals surface area contributed by atoms with E-state index in [1.165, 1.54) is 38.6 Å². The van der Waals surface area contributed by atoms with Crippen molar-refractivity contribution in [3.05, 3.63) is 0 Å². The lowest BCUT2D eigenvalue weighted by Gasteiger charge is -2.42. The van der Waals surface area contributed by atoms with Crippen LogP contribution in [0.5, 0.6) is 0 Å². The minimum absolute atomic E-state index is 0.723. The van der Waals surface area contributed by atoms with Gasteiger partial charge in [0.25, 0.3) is 0 Å². The first-order valence-electron chi connectivity index (χ1n) is 6.85. The van der Waals surface area contributed by atoms with Crippen molar-refractivity contribution < 1.29 is 4.74 Å². The van der Waals surface area contributed by atoms with Crippen molar-refractivity contribution in [3.8, 4) is 0 Å². The Bertz CT molecular complexity index is 202. The van der Waals surface area contributed by atoms with Gasteiger partial charge in [-0.05, 0) is 51.5 Å². The Morgan fingerprint density at radius 1 is 1.19 bits per heavy atom. The summed E-state index contributed by atoms with van der Waals surface area (Å²) in [7, 11) is 0. The average molecular weight is 226 g/mol. The molecule has 2 N–H and O–H groups in total. The Morgan fingerprint density at radius 3 is 2.88 bits per heavy atom. The van der Waals surface area contributed by atoms with Crippen LogP contribution in [0, 0.1) is 5.92 Å². The first-order chi connectivity index (χ1) is 7.81. The molecule has 0 aliphatic carbocycles. The standard InChI is InChI=1S/C13H26N2O/c1-11-4-5-12(9-14)10-15(11)13-3-2-7-16-8-6-13/h11-13H,2-10,14H2,1H3. The maximum atomic E-state index is 5.82. The Morgan fingerprint density at radius 2 is 2.06 bits per heavy atom. The van der Waals surface area contributed by atoms with Gasteiger partial charge < -0.3 is 10.5 Å². The van der Waals surface area contributed by atoms with E-state index in [1.807, 2.05) is 0 Å². The summed E-state index contributed by atoms with van der Waals surface area (Å²) in [4.78, 5) is 2.70. The van der Waals surface area contributed by atoms with Gasteiger partial charge in [0.15, 0.2) is 0 Å². The number of hydrogen-bond donors (Lipinski definition) is 1. The molecule has 3 unspecified atom stereocenters. The van der Waals surface area contributed by atoms with E-state index in [4.69, 9.17) is 10.5 Å². The highest BCUT2D eigenvalue weighted by Gasteiger charge is 2.30. The summed E-state index contributed by atoms with van der Waals surface area (Å²) in [5.74, 6) is 0.723. The van der Waals surface area contributed by atoms with Gasteiger partial charge in [-0.15, -0.1) is 0 Å². The highest BCUT2D eigenvalue weighted by molar-refractivity contribution is 4.85. The fourth-order valence-corrected chi connectivity index (χ4v) is 3.13. The minimum atomic E-state index is 0.723. The molecule has 0 aromatic rings. The zero-order chi connectivity index (χ0) is 11.4. The van der Waals surface area contributed by atoms with E-state index in [0.717, 1.165) is 37.8 Å². The van der Waals surface area contributed by atoms with E-state index in [2.05, 4.69) is 11.8 Å². The molecule has 94 valence electrons. The molecule has 0 aromatic heterocycles. The monoisotopic (exact) mass is 226 g/mol. The van der Waals surface area contributed by atoms with Crippen LogP contribution in [0.4, 0.5) is 0 Å². The van der Waals surface area contributed by atoms with E-state index in [1.54, 1.807) is 0 Å². The molecule has 16 heavy (non-hydrogen) atoms. The predicted molar refractivity (Wildman–Crippen MR) is 66.4 cm³/mol. The second kappa shape index (κ2) is 5.99. The Hall–Kier alpha value is -0.120. The number of hydrogen-bond acceptors (Lipinski definition) is 3. The molecule has 0 amide bonds. The molecule has 0 saturated carbocycles. The molecule has 0 radical (unpaired) electrons. The van der Waals surface area contributed by atoms with Gasteiger partial charge in [-0.3, -0.25) is 4.90 Å². The molecule has 3 heteroatoms. The zero-order valence-electron chi connectivity index (χ0n) is 10.5. The van der Waals surface area contributed by atoms with E-state index in [9.17, 15) is 0 Å². The minimum Gasteiger partial charge on any atom is -0.381 e. The number of piperidine rings is 1. The van der Waals surface area contributed by atoms with Crippen LogP contribution in [0.2, 0.25) is 0 Å². The Labute approximate surface area is 99.3 Å². The summed E-state index contributed by atoms with van der Waals surface area (Å²) in [6, 6.07) is 1.48. The van der Waals surface area contributed by atoms with E-state index in [-0.39, 0.29) is 0 Å². The molecule has 2 saturated heterocycles. The molecule has 2 rings (SSSR count). The quantitative estimate of drug-likeness (QED) is 0.777. The van der Waals surface area contributed by atoms with Crippen molar-refractivity contribution in [1.82, 2.24) is 4.90 Å². The summed E-state index contributed by atoms with van der Waals surface area (Å²) in [6.45, 7) is 6.34. The van der Waals surface area contributed by atoms with Crippen LogP contribution in [0.1, 0.15) is 39.0 Å². The van der Waals surface area contributed by atoms with Gasteiger partial charge in [0.2, 0.25) is 0 Å². The molecular formula is C13H26N2O. The van der Waals surface area contributed by atoms with Crippen molar-refractivity contribution in [2.24, 2.45) is 11.7 Å². The first-order valence-corrected chi connectivity index (χ1v) is 6.85. The van der Waals surface area contributed by atoms with Crippen molar-refractivity contribution in [2.75, 3.05) is 26.3 Å². The van der Waals surface area contributed by atoms with Crippen molar-refractivity contribution >= 4 is 0 Å². The fourth-order valence-electron chi connectivity index (χ4n) is 3.13. The summed E-state index contributed by atoms with van der Waals surface area (Å²) < 4.78 is 5.55. The molecule has 2 aliphatic heterocycles. The van der Waals surface area contributed by atoms with Crippen molar-refractivity contribution in [2.45, 2.75) is 51.1 Å². The van der Waals surface area contributed by atoms with E-state index < -0.39 is 0 Å². The van der Waals surface area contributed by atoms with Crippen molar-refractivity contribution in [1.29, 1.82) is 0 Å². The average Bonchev–Trinajstić information content (AvgIpc) is 2.58. The summed E-state index contributed by atoms with van der Waals surface area (Å²) in [6.07, 6.45) is 6.38. The van der Waals surface area contributed by atoms with Gasteiger partial charge in [0.05, 0.1) is 0 Å². The molecule has 2 aliphatic rings. The third-order valence-electron chi connectivity index (χ3n) is 4.25. The molecule has 2 heterocycles. The van der Waals surface area contributed by atoms with Gasteiger partial charge in [0.1, 0.15) is 0 Å². The largest absolute Gasteiger partial charge is 0.381 e. The van der Waals surface area contributed by atoms with E-state index >= 15 is 0 Å². The predicted octanol–water partition coefficient (Wildman–Crippen LogP) is 1.61. The zero-order valence-corrected chi connectivity index (χ0v) is 10.5. The van der Waals surface area contributed by atoms with Crippen LogP contribution in [-0.2, 0) is 4.74 Å². The van der Waals surface area contributed by atoms with Crippen LogP contribution in [0.15, 0.2) is 0 Å². The molecule has 0 bridgehead atoms. The molecular weight excluding hydrogens is 200 g/mol. The molecule has 2 fully saturated rings. The van der Waals surface area contributed by atoms with Gasteiger partial charge in [-0.2, -0.15) is 0 Å². The summed E-state index contributed by atoms with van der Waals surface area (Å²) in [5, 5.41) is 0. The van der Waals surface area contributed by atoms with Gasteiger partial charge in [-0.1, -0.05) is 0 Å². The first kappa shape index (κ1) is 12.3. The van der Waals surface area contributed by atoms with Crippen LogP contribution < -0.4 is 5.73 Å². The maximum Gasteiger partial charge on any atom is 0.0480 e. The van der Waals surface area contributed by atoms with Crippen LogP contribution in [-0.4, -0.2) is 43.3 Å². The highest BCUT2D eigenvalue weighted by Crippen LogP contribution is 2.27.